The Kier molecular flexibility index (Phi) is 6.97. The van der Waals surface area contributed by atoms with Crippen molar-refractivity contribution in [1.82, 2.24) is 0 Å². The molecule has 2 heterocycles. The van der Waals surface area contributed by atoms with Gasteiger partial charge in [0.1, 0.15) is 23.7 Å². The van der Waals surface area contributed by atoms with Gasteiger partial charge in [-0.15, -0.1) is 0 Å². The van der Waals surface area contributed by atoms with E-state index in [1.807, 2.05) is 48.5 Å². The van der Waals surface area contributed by atoms with Gasteiger partial charge in [0.15, 0.2) is 0 Å². The van der Waals surface area contributed by atoms with Crippen molar-refractivity contribution in [3.8, 4) is 34.5 Å². The van der Waals surface area contributed by atoms with Crippen molar-refractivity contribution in [2.75, 3.05) is 13.2 Å². The first-order valence-corrected chi connectivity index (χ1v) is 12.2. The molecule has 2 aliphatic rings. The molecule has 0 bridgehead atoms. The number of benzene rings is 3. The highest BCUT2D eigenvalue weighted by Gasteiger charge is 2.25. The quantitative estimate of drug-likeness (QED) is 0.131. The Balaban J connectivity index is 1.57. The van der Waals surface area contributed by atoms with Crippen LogP contribution in [0.3, 0.4) is 0 Å². The van der Waals surface area contributed by atoms with Crippen molar-refractivity contribution in [3.63, 3.8) is 0 Å². The highest BCUT2D eigenvalue weighted by molar-refractivity contribution is 5.92. The lowest BCUT2D eigenvalue weighted by Gasteiger charge is -2.15. The molecule has 3 aromatic carbocycles. The lowest BCUT2D eigenvalue weighted by molar-refractivity contribution is -0.131. The topological polar surface area (TPSA) is 77.7 Å². The van der Waals surface area contributed by atoms with Gasteiger partial charge >= 0.3 is 11.9 Å². The molecule has 0 radical (unpaired) electrons. The zero-order valence-corrected chi connectivity index (χ0v) is 21.2. The largest absolute Gasteiger partial charge is 0.422 e. The number of esters is 2. The van der Waals surface area contributed by atoms with Crippen LogP contribution in [0.25, 0.3) is 11.1 Å². The zero-order chi connectivity index (χ0) is 26.8. The number of epoxide rings is 2. The Morgan fingerprint density at radius 3 is 1.76 bits per heavy atom. The number of hydrogen-bond acceptors (Lipinski definition) is 6. The second kappa shape index (κ2) is 10.5. The number of carbonyl (C=O) groups is 2. The minimum atomic E-state index is -0.583. The maximum atomic E-state index is 12.5. The van der Waals surface area contributed by atoms with Crippen LogP contribution in [0.5, 0.6) is 11.5 Å². The highest BCUT2D eigenvalue weighted by Crippen LogP contribution is 2.38. The van der Waals surface area contributed by atoms with Gasteiger partial charge in [-0.3, -0.25) is 0 Å². The molecule has 0 aromatic heterocycles. The Bertz CT molecular complexity index is 1490. The summed E-state index contributed by atoms with van der Waals surface area (Å²) in [5.74, 6) is 5.52. The molecule has 5 rings (SSSR count). The molecule has 0 spiro atoms. The summed E-state index contributed by atoms with van der Waals surface area (Å²) in [6.07, 6.45) is 0.273. The molecule has 38 heavy (non-hydrogen) atoms. The predicted octanol–water partition coefficient (Wildman–Crippen LogP) is 5.86. The van der Waals surface area contributed by atoms with E-state index in [4.69, 9.17) is 18.9 Å². The Hall–Kier alpha value is -4.44. The molecule has 190 valence electrons. The lowest BCUT2D eigenvalue weighted by atomic mass is 9.99. The number of rotatable bonds is 7. The molecule has 0 N–H and O–H groups in total. The SMILES string of the molecule is C=C(C)C(=O)Oc1cc(-c2ccc(C3CO3)cc2)c(OC(=O)C(=C)C)cc1C#Cc1ccc(C2CO2)cc1. The van der Waals surface area contributed by atoms with Gasteiger partial charge < -0.3 is 18.9 Å². The minimum absolute atomic E-state index is 0.111. The van der Waals surface area contributed by atoms with E-state index < -0.39 is 11.9 Å². The molecule has 2 aliphatic heterocycles. The number of hydrogen-bond donors (Lipinski definition) is 0. The van der Waals surface area contributed by atoms with Crippen LogP contribution in [-0.2, 0) is 19.1 Å². The van der Waals surface area contributed by atoms with Crippen LogP contribution in [0.1, 0.15) is 48.3 Å². The van der Waals surface area contributed by atoms with Crippen molar-refractivity contribution in [1.29, 1.82) is 0 Å². The Labute approximate surface area is 221 Å². The Morgan fingerprint density at radius 2 is 1.26 bits per heavy atom. The Morgan fingerprint density at radius 1 is 0.763 bits per heavy atom. The van der Waals surface area contributed by atoms with E-state index in [1.54, 1.807) is 26.0 Å². The van der Waals surface area contributed by atoms with E-state index in [0.29, 0.717) is 17.7 Å². The van der Waals surface area contributed by atoms with E-state index in [-0.39, 0.29) is 34.9 Å². The van der Waals surface area contributed by atoms with Gasteiger partial charge in [0.2, 0.25) is 0 Å². The molecule has 0 aliphatic carbocycles. The summed E-state index contributed by atoms with van der Waals surface area (Å²) in [6, 6.07) is 18.8. The van der Waals surface area contributed by atoms with Crippen LogP contribution in [0.4, 0.5) is 0 Å². The molecule has 2 unspecified atom stereocenters. The van der Waals surface area contributed by atoms with Gasteiger partial charge in [0.05, 0.1) is 18.8 Å². The third kappa shape index (κ3) is 5.92. The van der Waals surface area contributed by atoms with Crippen LogP contribution in [-0.4, -0.2) is 25.2 Å². The molecule has 6 nitrogen and oxygen atoms in total. The molecule has 2 atom stereocenters. The van der Waals surface area contributed by atoms with Crippen LogP contribution in [0.15, 0.2) is 85.0 Å². The minimum Gasteiger partial charge on any atom is -0.422 e. The fraction of sp³-hybridized carbons (Fsp3) is 0.188. The van der Waals surface area contributed by atoms with E-state index in [1.165, 1.54) is 0 Å². The maximum absolute atomic E-state index is 12.5. The average Bonchev–Trinajstić information content (AvgIpc) is 3.82. The second-order valence-electron chi connectivity index (χ2n) is 9.32. The highest BCUT2D eigenvalue weighted by atomic mass is 16.6. The van der Waals surface area contributed by atoms with E-state index >= 15 is 0 Å². The zero-order valence-electron chi connectivity index (χ0n) is 21.2. The molecule has 0 saturated carbocycles. The second-order valence-corrected chi connectivity index (χ2v) is 9.32. The van der Waals surface area contributed by atoms with Crippen molar-refractivity contribution < 1.29 is 28.5 Å². The fourth-order valence-electron chi connectivity index (χ4n) is 3.71. The first-order valence-electron chi connectivity index (χ1n) is 12.2. The van der Waals surface area contributed by atoms with Gasteiger partial charge in [-0.2, -0.15) is 0 Å². The summed E-state index contributed by atoms with van der Waals surface area (Å²) in [7, 11) is 0. The van der Waals surface area contributed by atoms with Crippen LogP contribution in [0.2, 0.25) is 0 Å². The summed E-state index contributed by atoms with van der Waals surface area (Å²) in [4.78, 5) is 25.0. The van der Waals surface area contributed by atoms with Gasteiger partial charge in [-0.05, 0) is 48.7 Å². The normalized spacial score (nSPS) is 17.0. The molecular weight excluding hydrogens is 480 g/mol. The first kappa shape index (κ1) is 25.2. The molecule has 2 fully saturated rings. The first-order chi connectivity index (χ1) is 18.3. The van der Waals surface area contributed by atoms with Crippen LogP contribution in [0, 0.1) is 11.8 Å². The van der Waals surface area contributed by atoms with Crippen LogP contribution >= 0.6 is 0 Å². The van der Waals surface area contributed by atoms with Crippen LogP contribution < -0.4 is 9.47 Å². The summed E-state index contributed by atoms with van der Waals surface area (Å²) >= 11 is 0. The van der Waals surface area contributed by atoms with Gasteiger partial charge in [-0.1, -0.05) is 61.4 Å². The summed E-state index contributed by atoms with van der Waals surface area (Å²) in [6.45, 7) is 11.9. The average molecular weight is 507 g/mol. The summed E-state index contributed by atoms with van der Waals surface area (Å²) < 4.78 is 22.0. The van der Waals surface area contributed by atoms with Gasteiger partial charge in [-0.25, -0.2) is 9.59 Å². The third-order valence-electron chi connectivity index (χ3n) is 6.07. The van der Waals surface area contributed by atoms with Gasteiger partial charge in [0, 0.05) is 28.3 Å². The summed E-state index contributed by atoms with van der Waals surface area (Å²) in [5.41, 5.74) is 5.14. The van der Waals surface area contributed by atoms with Crippen molar-refractivity contribution in [2.24, 2.45) is 0 Å². The van der Waals surface area contributed by atoms with E-state index in [2.05, 4.69) is 25.0 Å². The molecular formula is C32H26O6. The van der Waals surface area contributed by atoms with E-state index in [0.717, 1.165) is 28.9 Å². The maximum Gasteiger partial charge on any atom is 0.338 e. The lowest BCUT2D eigenvalue weighted by Crippen LogP contribution is -2.11. The smallest absolute Gasteiger partial charge is 0.338 e. The molecule has 6 heteroatoms. The fourth-order valence-corrected chi connectivity index (χ4v) is 3.71. The van der Waals surface area contributed by atoms with Crippen molar-refractivity contribution in [2.45, 2.75) is 26.1 Å². The molecule has 3 aromatic rings. The van der Waals surface area contributed by atoms with Crippen molar-refractivity contribution >= 4 is 11.9 Å². The third-order valence-corrected chi connectivity index (χ3v) is 6.07. The van der Waals surface area contributed by atoms with E-state index in [9.17, 15) is 9.59 Å². The van der Waals surface area contributed by atoms with Crippen molar-refractivity contribution in [3.05, 3.63) is 107 Å². The number of carbonyl (C=O) groups excluding carboxylic acids is 2. The van der Waals surface area contributed by atoms with Gasteiger partial charge in [0.25, 0.3) is 0 Å². The molecule has 2 saturated heterocycles. The predicted molar refractivity (Wildman–Crippen MR) is 143 cm³/mol. The molecule has 0 amide bonds. The standard InChI is InChI=1S/C32H26O6/c1-19(2)31(33)37-27-16-26(22-11-13-24(14-12-22)30-18-36-30)28(38-32(34)20(3)4)15-25(27)10-7-21-5-8-23(9-6-21)29-17-35-29/h5-6,8-9,11-16,29-30H,1,3,17-18H2,2,4H3. The number of ether oxygens (including phenoxy) is 4. The monoisotopic (exact) mass is 506 g/mol. The summed E-state index contributed by atoms with van der Waals surface area (Å²) in [5, 5.41) is 0.